The Bertz CT molecular complexity index is 909. The number of nitrogens with zero attached hydrogens (tertiary/aromatic N) is 4. The fourth-order valence-corrected chi connectivity index (χ4v) is 5.83. The molecule has 1 aliphatic carbocycles. The highest BCUT2D eigenvalue weighted by Crippen LogP contribution is 2.49. The lowest BCUT2D eigenvalue weighted by atomic mass is 9.68. The number of amides is 4. The first kappa shape index (κ1) is 24.5. The summed E-state index contributed by atoms with van der Waals surface area (Å²) in [7, 11) is 5.81. The van der Waals surface area contributed by atoms with Gasteiger partial charge in [0.05, 0.1) is 25.3 Å². The van der Waals surface area contributed by atoms with Gasteiger partial charge in [-0.1, -0.05) is 30.3 Å². The molecule has 0 radical (unpaired) electrons. The van der Waals surface area contributed by atoms with Gasteiger partial charge in [0.2, 0.25) is 11.8 Å². The Kier molecular flexibility index (Phi) is 6.87. The number of hydrogen-bond donors (Lipinski definition) is 1. The second kappa shape index (κ2) is 9.54. The maximum Gasteiger partial charge on any atom is 0.321 e. The number of rotatable bonds is 8. The Morgan fingerprint density at radius 3 is 2.26 bits per heavy atom. The van der Waals surface area contributed by atoms with Crippen LogP contribution < -0.4 is 5.73 Å². The van der Waals surface area contributed by atoms with Crippen molar-refractivity contribution in [3.05, 3.63) is 35.9 Å². The van der Waals surface area contributed by atoms with Crippen molar-refractivity contribution >= 4 is 17.8 Å². The van der Waals surface area contributed by atoms with Gasteiger partial charge in [-0.2, -0.15) is 0 Å². The highest BCUT2D eigenvalue weighted by atomic mass is 16.5. The van der Waals surface area contributed by atoms with Crippen LogP contribution in [0.15, 0.2) is 30.3 Å². The zero-order chi connectivity index (χ0) is 24.5. The molecule has 9 nitrogen and oxygen atoms in total. The van der Waals surface area contributed by atoms with Crippen molar-refractivity contribution in [1.29, 1.82) is 0 Å². The predicted octanol–water partition coefficient (Wildman–Crippen LogP) is 1.08. The Morgan fingerprint density at radius 2 is 1.74 bits per heavy atom. The third-order valence-electron chi connectivity index (χ3n) is 8.03. The smallest absolute Gasteiger partial charge is 0.321 e. The molecule has 0 aromatic heterocycles. The maximum atomic E-state index is 13.5. The topological polar surface area (TPSA) is 99.4 Å². The van der Waals surface area contributed by atoms with Crippen LogP contribution in [0.5, 0.6) is 0 Å². The molecular formula is C25H37N5O4. The lowest BCUT2D eigenvalue weighted by Crippen LogP contribution is -2.57. The third-order valence-corrected chi connectivity index (χ3v) is 8.03. The fraction of sp³-hybridized carbons (Fsp3) is 0.640. The summed E-state index contributed by atoms with van der Waals surface area (Å²) in [4.78, 5) is 44.8. The molecule has 1 saturated carbocycles. The first-order valence-electron chi connectivity index (χ1n) is 12.1. The summed E-state index contributed by atoms with van der Waals surface area (Å²) in [6.07, 6.45) is 3.58. The van der Waals surface area contributed by atoms with Gasteiger partial charge in [-0.25, -0.2) is 4.79 Å². The van der Waals surface area contributed by atoms with Crippen LogP contribution >= 0.6 is 0 Å². The van der Waals surface area contributed by atoms with E-state index in [1.807, 2.05) is 11.0 Å². The van der Waals surface area contributed by atoms with E-state index in [2.05, 4.69) is 43.3 Å². The second-order valence-corrected chi connectivity index (χ2v) is 10.4. The summed E-state index contributed by atoms with van der Waals surface area (Å²) in [5.41, 5.74) is 6.16. The van der Waals surface area contributed by atoms with Crippen molar-refractivity contribution in [2.24, 2.45) is 11.7 Å². The number of nitrogens with two attached hydrogens (primary N) is 1. The molecule has 2 N–H and O–H groups in total. The van der Waals surface area contributed by atoms with Gasteiger partial charge in [0.1, 0.15) is 6.54 Å². The summed E-state index contributed by atoms with van der Waals surface area (Å²) in [6.45, 7) is 2.32. The van der Waals surface area contributed by atoms with E-state index in [9.17, 15) is 14.4 Å². The molecule has 2 heterocycles. The molecule has 186 valence electrons. The number of hydrogen-bond acceptors (Lipinski definition) is 5. The van der Waals surface area contributed by atoms with Crippen LogP contribution in [-0.2, 0) is 19.9 Å². The van der Waals surface area contributed by atoms with Crippen LogP contribution in [0.1, 0.15) is 31.2 Å². The molecule has 2 saturated heterocycles. The third kappa shape index (κ3) is 4.51. The van der Waals surface area contributed by atoms with Crippen molar-refractivity contribution < 1.29 is 19.1 Å². The fourth-order valence-electron chi connectivity index (χ4n) is 5.83. The summed E-state index contributed by atoms with van der Waals surface area (Å²) in [5, 5.41) is 0. The molecule has 1 spiro atoms. The van der Waals surface area contributed by atoms with E-state index in [-0.39, 0.29) is 36.1 Å². The first-order valence-corrected chi connectivity index (χ1v) is 12.1. The van der Waals surface area contributed by atoms with Crippen molar-refractivity contribution in [2.75, 3.05) is 60.5 Å². The minimum absolute atomic E-state index is 0.0421. The summed E-state index contributed by atoms with van der Waals surface area (Å²) < 4.78 is 5.38. The van der Waals surface area contributed by atoms with Gasteiger partial charge in [0.25, 0.3) is 0 Å². The molecule has 3 fully saturated rings. The van der Waals surface area contributed by atoms with Gasteiger partial charge in [-0.05, 0) is 45.3 Å². The van der Waals surface area contributed by atoms with E-state index in [4.69, 9.17) is 10.5 Å². The SMILES string of the molecule is CN(CC(N)=O)C(=O)CN1C[C@]2(CC[C@@](c3ccccc3)(N(C)C)CC2)N(CC2COC2)C1=O. The van der Waals surface area contributed by atoms with Gasteiger partial charge in [0, 0.05) is 31.6 Å². The molecule has 34 heavy (non-hydrogen) atoms. The summed E-state index contributed by atoms with van der Waals surface area (Å²) >= 11 is 0. The van der Waals surface area contributed by atoms with Crippen LogP contribution in [0.2, 0.25) is 0 Å². The van der Waals surface area contributed by atoms with Gasteiger partial charge in [-0.15, -0.1) is 0 Å². The van der Waals surface area contributed by atoms with Crippen molar-refractivity contribution in [1.82, 2.24) is 19.6 Å². The molecular weight excluding hydrogens is 434 g/mol. The molecule has 1 aromatic rings. The lowest BCUT2D eigenvalue weighted by Gasteiger charge is -2.51. The Morgan fingerprint density at radius 1 is 1.09 bits per heavy atom. The maximum absolute atomic E-state index is 13.5. The van der Waals surface area contributed by atoms with E-state index < -0.39 is 5.91 Å². The second-order valence-electron chi connectivity index (χ2n) is 10.4. The van der Waals surface area contributed by atoms with Crippen LogP contribution in [0.3, 0.4) is 0 Å². The predicted molar refractivity (Wildman–Crippen MR) is 128 cm³/mol. The molecule has 0 bridgehead atoms. The van der Waals surface area contributed by atoms with E-state index in [1.165, 1.54) is 10.5 Å². The van der Waals surface area contributed by atoms with Crippen molar-refractivity contribution in [2.45, 2.75) is 36.8 Å². The zero-order valence-corrected chi connectivity index (χ0v) is 20.5. The average molecular weight is 472 g/mol. The normalized spacial score (nSPS) is 27.4. The molecule has 0 atom stereocenters. The minimum atomic E-state index is -0.570. The number of benzene rings is 1. The molecule has 2 aliphatic heterocycles. The Labute approximate surface area is 201 Å². The van der Waals surface area contributed by atoms with Gasteiger partial charge < -0.3 is 25.2 Å². The number of primary amides is 1. The quantitative estimate of drug-likeness (QED) is 0.612. The number of carbonyl (C=O) groups is 3. The number of ether oxygens (including phenoxy) is 1. The molecule has 0 unspecified atom stereocenters. The summed E-state index contributed by atoms with van der Waals surface area (Å²) in [6, 6.07) is 10.5. The van der Waals surface area contributed by atoms with E-state index in [0.717, 1.165) is 25.7 Å². The molecule has 4 amide bonds. The number of carbonyl (C=O) groups excluding carboxylic acids is 3. The van der Waals surface area contributed by atoms with Crippen LogP contribution in [-0.4, -0.2) is 104 Å². The monoisotopic (exact) mass is 471 g/mol. The van der Waals surface area contributed by atoms with Gasteiger partial charge in [-0.3, -0.25) is 14.5 Å². The lowest BCUT2D eigenvalue weighted by molar-refractivity contribution is -0.134. The Hall–Kier alpha value is -2.65. The largest absolute Gasteiger partial charge is 0.381 e. The standard InChI is InChI=1S/C25H37N5O4/c1-27(2)25(20-7-5-4-6-8-20)11-9-24(10-12-25)18-29(15-22(32)28(3)14-21(26)31)23(33)30(24)13-19-16-34-17-19/h4-8,19H,9-18H2,1-3H3,(H2,26,31)/t24-,25-. The minimum Gasteiger partial charge on any atom is -0.381 e. The molecule has 9 heteroatoms. The van der Waals surface area contributed by atoms with E-state index in [0.29, 0.717) is 32.2 Å². The number of likely N-dealkylation sites (N-methyl/N-ethyl adjacent to an activating group) is 1. The van der Waals surface area contributed by atoms with E-state index in [1.54, 1.807) is 11.9 Å². The van der Waals surface area contributed by atoms with Gasteiger partial charge >= 0.3 is 6.03 Å². The van der Waals surface area contributed by atoms with Crippen LogP contribution in [0.25, 0.3) is 0 Å². The molecule has 4 rings (SSSR count). The first-order chi connectivity index (χ1) is 16.2. The Balaban J connectivity index is 1.54. The van der Waals surface area contributed by atoms with E-state index >= 15 is 0 Å². The zero-order valence-electron chi connectivity index (χ0n) is 20.5. The van der Waals surface area contributed by atoms with Crippen LogP contribution in [0, 0.1) is 5.92 Å². The van der Waals surface area contributed by atoms with Crippen LogP contribution in [0.4, 0.5) is 4.79 Å². The highest BCUT2D eigenvalue weighted by Gasteiger charge is 2.55. The molecule has 3 aliphatic rings. The average Bonchev–Trinajstić information content (AvgIpc) is 3.01. The highest BCUT2D eigenvalue weighted by molar-refractivity contribution is 5.88. The van der Waals surface area contributed by atoms with Gasteiger partial charge in [0.15, 0.2) is 0 Å². The summed E-state index contributed by atoms with van der Waals surface area (Å²) in [5.74, 6) is -0.512. The molecule has 1 aromatic carbocycles. The number of urea groups is 1. The van der Waals surface area contributed by atoms with Crippen molar-refractivity contribution in [3.8, 4) is 0 Å². The van der Waals surface area contributed by atoms with Crippen molar-refractivity contribution in [3.63, 3.8) is 0 Å².